The summed E-state index contributed by atoms with van der Waals surface area (Å²) in [6.07, 6.45) is 0.404. The Bertz CT molecular complexity index is 834. The predicted molar refractivity (Wildman–Crippen MR) is 92.9 cm³/mol. The highest BCUT2D eigenvalue weighted by Crippen LogP contribution is 2.27. The number of rotatable bonds is 6. The Balaban J connectivity index is 1.98. The molecule has 0 aliphatic rings. The highest BCUT2D eigenvalue weighted by Gasteiger charge is 2.19. The predicted octanol–water partition coefficient (Wildman–Crippen LogP) is 2.08. The van der Waals surface area contributed by atoms with E-state index in [-0.39, 0.29) is 12.1 Å². The van der Waals surface area contributed by atoms with Gasteiger partial charge in [0.1, 0.15) is 12.3 Å². The number of hydrogen-bond acceptors (Lipinski definition) is 5. The molecule has 7 nitrogen and oxygen atoms in total. The molecule has 0 radical (unpaired) electrons. The van der Waals surface area contributed by atoms with Crippen LogP contribution in [0, 0.1) is 0 Å². The molecule has 2 rings (SSSR count). The van der Waals surface area contributed by atoms with Gasteiger partial charge in [-0.2, -0.15) is 0 Å². The van der Waals surface area contributed by atoms with Crippen LogP contribution in [0.25, 0.3) is 0 Å². The summed E-state index contributed by atoms with van der Waals surface area (Å²) in [5, 5.41) is 3.01. The van der Waals surface area contributed by atoms with Gasteiger partial charge in [-0.1, -0.05) is 17.7 Å². The number of hydrogen-bond donors (Lipinski definition) is 1. The van der Waals surface area contributed by atoms with Crippen LogP contribution in [0.4, 0.5) is 5.69 Å². The van der Waals surface area contributed by atoms with Gasteiger partial charge < -0.3 is 19.4 Å². The number of halogens is 1. The van der Waals surface area contributed by atoms with Gasteiger partial charge in [0.25, 0.3) is 11.5 Å². The van der Waals surface area contributed by atoms with Crippen LogP contribution in [-0.4, -0.2) is 29.7 Å². The molecular weight excluding hydrogens is 348 g/mol. The first-order chi connectivity index (χ1) is 11.9. The van der Waals surface area contributed by atoms with E-state index in [0.29, 0.717) is 16.5 Å². The van der Waals surface area contributed by atoms with E-state index >= 15 is 0 Å². The largest absolute Gasteiger partial charge is 0.495 e. The summed E-state index contributed by atoms with van der Waals surface area (Å²) in [7, 11) is 1.46. The van der Waals surface area contributed by atoms with E-state index in [1.54, 1.807) is 24.3 Å². The molecule has 1 N–H and O–H groups in total. The van der Waals surface area contributed by atoms with Crippen molar-refractivity contribution in [1.29, 1.82) is 0 Å². The average molecular weight is 365 g/mol. The summed E-state index contributed by atoms with van der Waals surface area (Å²) in [4.78, 5) is 35.7. The molecule has 0 unspecified atom stereocenters. The maximum Gasteiger partial charge on any atom is 0.326 e. The fourth-order valence-electron chi connectivity index (χ4n) is 2.03. The third kappa shape index (κ3) is 5.09. The van der Waals surface area contributed by atoms with Crippen LogP contribution >= 0.6 is 11.6 Å². The van der Waals surface area contributed by atoms with Gasteiger partial charge in [-0.3, -0.25) is 14.4 Å². The van der Waals surface area contributed by atoms with Gasteiger partial charge in [0.15, 0.2) is 6.10 Å². The van der Waals surface area contributed by atoms with E-state index in [2.05, 4.69) is 5.32 Å². The fraction of sp³-hybridized carbons (Fsp3) is 0.235. The monoisotopic (exact) mass is 364 g/mol. The van der Waals surface area contributed by atoms with Crippen LogP contribution in [0.2, 0.25) is 5.02 Å². The van der Waals surface area contributed by atoms with E-state index in [4.69, 9.17) is 21.1 Å². The Hall–Kier alpha value is -2.80. The van der Waals surface area contributed by atoms with Crippen LogP contribution < -0.4 is 15.6 Å². The van der Waals surface area contributed by atoms with Crippen molar-refractivity contribution in [1.82, 2.24) is 4.57 Å². The number of ether oxygens (including phenoxy) is 2. The second-order valence-corrected chi connectivity index (χ2v) is 5.57. The normalized spacial score (nSPS) is 11.5. The summed E-state index contributed by atoms with van der Waals surface area (Å²) >= 11 is 5.90. The molecule has 1 aromatic carbocycles. The number of nitrogens with one attached hydrogen (secondary N) is 1. The minimum atomic E-state index is -1.06. The smallest absolute Gasteiger partial charge is 0.326 e. The Morgan fingerprint density at radius 3 is 2.72 bits per heavy atom. The zero-order valence-corrected chi connectivity index (χ0v) is 14.4. The molecule has 1 aromatic heterocycles. The molecular formula is C17H17ClN2O5. The van der Waals surface area contributed by atoms with Gasteiger partial charge in [0, 0.05) is 17.3 Å². The van der Waals surface area contributed by atoms with Gasteiger partial charge >= 0.3 is 5.97 Å². The molecule has 0 bridgehead atoms. The first kappa shape index (κ1) is 18.5. The number of aromatic nitrogens is 1. The Morgan fingerprint density at radius 2 is 2.04 bits per heavy atom. The second kappa shape index (κ2) is 8.34. The van der Waals surface area contributed by atoms with Gasteiger partial charge in [-0.25, -0.2) is 0 Å². The van der Waals surface area contributed by atoms with E-state index in [9.17, 15) is 14.4 Å². The topological polar surface area (TPSA) is 86.6 Å². The minimum Gasteiger partial charge on any atom is -0.495 e. The lowest BCUT2D eigenvalue weighted by atomic mass is 10.2. The van der Waals surface area contributed by atoms with Crippen LogP contribution in [0.1, 0.15) is 6.92 Å². The highest BCUT2D eigenvalue weighted by atomic mass is 35.5. The van der Waals surface area contributed by atoms with E-state index in [1.165, 1.54) is 36.9 Å². The van der Waals surface area contributed by atoms with Gasteiger partial charge in [0.05, 0.1) is 12.8 Å². The van der Waals surface area contributed by atoms with Crippen LogP contribution in [0.15, 0.2) is 47.4 Å². The molecule has 0 fully saturated rings. The van der Waals surface area contributed by atoms with Crippen LogP contribution in [-0.2, 0) is 20.9 Å². The zero-order chi connectivity index (χ0) is 18.4. The summed E-state index contributed by atoms with van der Waals surface area (Å²) in [5.41, 5.74) is 0.0300. The van der Waals surface area contributed by atoms with Crippen molar-refractivity contribution >= 4 is 29.2 Å². The molecule has 0 aliphatic heterocycles. The molecule has 0 saturated carbocycles. The van der Waals surface area contributed by atoms with Crippen molar-refractivity contribution in [2.75, 3.05) is 12.4 Å². The summed E-state index contributed by atoms with van der Waals surface area (Å²) in [6.45, 7) is 1.15. The number of nitrogens with zero attached hydrogens (tertiary/aromatic N) is 1. The maximum atomic E-state index is 12.2. The Morgan fingerprint density at radius 1 is 1.28 bits per heavy atom. The van der Waals surface area contributed by atoms with Crippen molar-refractivity contribution in [2.24, 2.45) is 0 Å². The first-order valence-corrected chi connectivity index (χ1v) is 7.78. The van der Waals surface area contributed by atoms with Gasteiger partial charge in [-0.05, 0) is 31.2 Å². The quantitative estimate of drug-likeness (QED) is 0.793. The van der Waals surface area contributed by atoms with Crippen LogP contribution in [0.3, 0.4) is 0 Å². The Labute approximate surface area is 149 Å². The van der Waals surface area contributed by atoms with Gasteiger partial charge in [0.2, 0.25) is 0 Å². The lowest BCUT2D eigenvalue weighted by Crippen LogP contribution is -2.32. The Kier molecular flexibility index (Phi) is 6.19. The zero-order valence-electron chi connectivity index (χ0n) is 13.7. The molecule has 2 aromatic rings. The SMILES string of the molecule is COc1ccc(Cl)cc1NC(=O)[C@@H](C)OC(=O)Cn1ccccc1=O. The lowest BCUT2D eigenvalue weighted by molar-refractivity contribution is -0.153. The van der Waals surface area contributed by atoms with E-state index in [0.717, 1.165) is 0 Å². The molecule has 0 saturated heterocycles. The molecule has 1 heterocycles. The maximum absolute atomic E-state index is 12.2. The number of esters is 1. The number of amides is 1. The van der Waals surface area contributed by atoms with E-state index < -0.39 is 18.0 Å². The number of pyridine rings is 1. The lowest BCUT2D eigenvalue weighted by Gasteiger charge is -2.15. The number of carbonyl (C=O) groups excluding carboxylic acids is 2. The standard InChI is InChI=1S/C17H17ClN2O5/c1-11(25-16(22)10-20-8-4-3-5-15(20)21)17(23)19-13-9-12(18)6-7-14(13)24-2/h3-9,11H,10H2,1-2H3,(H,19,23)/t11-/m1/s1. The summed E-state index contributed by atoms with van der Waals surface area (Å²) in [5.74, 6) is -0.824. The fourth-order valence-corrected chi connectivity index (χ4v) is 2.20. The molecule has 0 aliphatic carbocycles. The van der Waals surface area contributed by atoms with Crippen molar-refractivity contribution in [2.45, 2.75) is 19.6 Å². The molecule has 8 heteroatoms. The molecule has 1 atom stereocenters. The molecule has 1 amide bonds. The number of anilines is 1. The molecule has 25 heavy (non-hydrogen) atoms. The van der Waals surface area contributed by atoms with Gasteiger partial charge in [-0.15, -0.1) is 0 Å². The van der Waals surface area contributed by atoms with Crippen molar-refractivity contribution in [3.63, 3.8) is 0 Å². The van der Waals surface area contributed by atoms with Crippen LogP contribution in [0.5, 0.6) is 5.75 Å². The number of benzene rings is 1. The summed E-state index contributed by atoms with van der Waals surface area (Å²) < 4.78 is 11.4. The average Bonchev–Trinajstić information content (AvgIpc) is 2.57. The number of carbonyl (C=O) groups is 2. The van der Waals surface area contributed by atoms with Crippen molar-refractivity contribution in [3.8, 4) is 5.75 Å². The van der Waals surface area contributed by atoms with E-state index in [1.807, 2.05) is 0 Å². The second-order valence-electron chi connectivity index (χ2n) is 5.13. The highest BCUT2D eigenvalue weighted by molar-refractivity contribution is 6.31. The number of methoxy groups -OCH3 is 1. The van der Waals surface area contributed by atoms with Crippen molar-refractivity contribution in [3.05, 3.63) is 58.0 Å². The van der Waals surface area contributed by atoms with Crippen molar-refractivity contribution < 1.29 is 19.1 Å². The summed E-state index contributed by atoms with van der Waals surface area (Å²) in [6, 6.07) is 9.27. The minimum absolute atomic E-state index is 0.280. The third-order valence-corrected chi connectivity index (χ3v) is 3.53. The first-order valence-electron chi connectivity index (χ1n) is 7.40. The molecule has 132 valence electrons. The third-order valence-electron chi connectivity index (χ3n) is 3.30. The molecule has 0 spiro atoms.